The summed E-state index contributed by atoms with van der Waals surface area (Å²) in [4.78, 5) is 21.1. The topological polar surface area (TPSA) is 92.5 Å². The highest BCUT2D eigenvalue weighted by molar-refractivity contribution is 5.89. The van der Waals surface area contributed by atoms with Gasteiger partial charge in [-0.2, -0.15) is 0 Å². The van der Waals surface area contributed by atoms with E-state index in [4.69, 9.17) is 5.11 Å². The monoisotopic (exact) mass is 246 g/mol. The number of carboxylic acids is 1. The number of carbonyl (C=O) groups is 1. The van der Waals surface area contributed by atoms with Gasteiger partial charge >= 0.3 is 5.97 Å². The SMILES string of the molecule is O=C(O)C1=CC=CNC1c1ccc([N+](=O)[O-])cc1. The van der Waals surface area contributed by atoms with Crippen molar-refractivity contribution in [3.8, 4) is 0 Å². The van der Waals surface area contributed by atoms with Crippen LogP contribution in [0, 0.1) is 10.1 Å². The Morgan fingerprint density at radius 1 is 1.33 bits per heavy atom. The summed E-state index contributed by atoms with van der Waals surface area (Å²) in [5.41, 5.74) is 0.843. The van der Waals surface area contributed by atoms with Gasteiger partial charge in [0.2, 0.25) is 0 Å². The van der Waals surface area contributed by atoms with E-state index < -0.39 is 16.9 Å². The molecule has 1 unspecified atom stereocenters. The number of nitro groups is 1. The van der Waals surface area contributed by atoms with Crippen LogP contribution in [0.1, 0.15) is 11.6 Å². The predicted molar refractivity (Wildman–Crippen MR) is 63.8 cm³/mol. The van der Waals surface area contributed by atoms with Gasteiger partial charge in [-0.3, -0.25) is 10.1 Å². The summed E-state index contributed by atoms with van der Waals surface area (Å²) in [5.74, 6) is -1.02. The Hall–Kier alpha value is -2.63. The van der Waals surface area contributed by atoms with Gasteiger partial charge in [-0.05, 0) is 36.0 Å². The Morgan fingerprint density at radius 3 is 2.56 bits per heavy atom. The van der Waals surface area contributed by atoms with Crippen molar-refractivity contribution >= 4 is 11.7 Å². The molecule has 1 aliphatic heterocycles. The normalized spacial score (nSPS) is 17.8. The minimum Gasteiger partial charge on any atom is -0.478 e. The first-order valence-electron chi connectivity index (χ1n) is 5.20. The van der Waals surface area contributed by atoms with E-state index >= 15 is 0 Å². The average Bonchev–Trinajstić information content (AvgIpc) is 2.39. The fourth-order valence-electron chi connectivity index (χ4n) is 1.75. The van der Waals surface area contributed by atoms with Gasteiger partial charge in [-0.15, -0.1) is 0 Å². The van der Waals surface area contributed by atoms with Crippen LogP contribution >= 0.6 is 0 Å². The zero-order chi connectivity index (χ0) is 13.1. The molecule has 92 valence electrons. The van der Waals surface area contributed by atoms with Crippen molar-refractivity contribution in [3.05, 3.63) is 63.9 Å². The van der Waals surface area contributed by atoms with Gasteiger partial charge < -0.3 is 10.4 Å². The quantitative estimate of drug-likeness (QED) is 0.626. The molecule has 0 radical (unpaired) electrons. The van der Waals surface area contributed by atoms with Crippen LogP contribution in [0.2, 0.25) is 0 Å². The molecular formula is C12H10N2O4. The van der Waals surface area contributed by atoms with E-state index in [0.29, 0.717) is 5.56 Å². The van der Waals surface area contributed by atoms with Crippen LogP contribution in [0.3, 0.4) is 0 Å². The molecule has 0 amide bonds. The third-order valence-electron chi connectivity index (χ3n) is 2.63. The summed E-state index contributed by atoms with van der Waals surface area (Å²) in [6, 6.07) is 5.31. The van der Waals surface area contributed by atoms with Crippen molar-refractivity contribution in [2.75, 3.05) is 0 Å². The van der Waals surface area contributed by atoms with E-state index in [1.165, 1.54) is 18.2 Å². The Balaban J connectivity index is 2.31. The number of non-ortho nitro benzene ring substituents is 1. The van der Waals surface area contributed by atoms with E-state index in [0.717, 1.165) is 0 Å². The minimum atomic E-state index is -1.02. The third-order valence-corrected chi connectivity index (χ3v) is 2.63. The van der Waals surface area contributed by atoms with E-state index in [2.05, 4.69) is 5.32 Å². The molecule has 1 heterocycles. The van der Waals surface area contributed by atoms with Crippen LogP contribution in [0.15, 0.2) is 48.2 Å². The van der Waals surface area contributed by atoms with Gasteiger partial charge in [-0.1, -0.05) is 0 Å². The molecule has 18 heavy (non-hydrogen) atoms. The van der Waals surface area contributed by atoms with Crippen LogP contribution in [-0.2, 0) is 4.79 Å². The van der Waals surface area contributed by atoms with Gasteiger partial charge in [0.15, 0.2) is 0 Å². The van der Waals surface area contributed by atoms with Crippen LogP contribution < -0.4 is 5.32 Å². The summed E-state index contributed by atoms with van der Waals surface area (Å²) >= 11 is 0. The standard InChI is InChI=1S/C12H10N2O4/c15-12(16)10-2-1-7-13-11(10)8-3-5-9(6-4-8)14(17)18/h1-7,11,13H,(H,15,16). The smallest absolute Gasteiger partial charge is 0.334 e. The van der Waals surface area contributed by atoms with Crippen LogP contribution in [0.4, 0.5) is 5.69 Å². The van der Waals surface area contributed by atoms with Crippen molar-refractivity contribution in [1.82, 2.24) is 5.32 Å². The van der Waals surface area contributed by atoms with Crippen molar-refractivity contribution in [2.24, 2.45) is 0 Å². The highest BCUT2D eigenvalue weighted by Gasteiger charge is 2.22. The van der Waals surface area contributed by atoms with Crippen LogP contribution in [-0.4, -0.2) is 16.0 Å². The number of rotatable bonds is 3. The fourth-order valence-corrected chi connectivity index (χ4v) is 1.75. The molecule has 1 atom stereocenters. The Labute approximate surface area is 102 Å². The first-order chi connectivity index (χ1) is 8.59. The van der Waals surface area contributed by atoms with Gasteiger partial charge in [0, 0.05) is 12.1 Å². The van der Waals surface area contributed by atoms with Gasteiger partial charge in [0.25, 0.3) is 5.69 Å². The molecule has 0 saturated carbocycles. The summed E-state index contributed by atoms with van der Waals surface area (Å²) in [6.45, 7) is 0. The number of dihydropyridines is 1. The lowest BCUT2D eigenvalue weighted by Crippen LogP contribution is -2.24. The van der Waals surface area contributed by atoms with Gasteiger partial charge in [-0.25, -0.2) is 4.79 Å². The number of benzene rings is 1. The molecule has 1 aliphatic rings. The largest absolute Gasteiger partial charge is 0.478 e. The highest BCUT2D eigenvalue weighted by atomic mass is 16.6. The number of nitro benzene ring substituents is 1. The maximum atomic E-state index is 11.1. The number of hydrogen-bond acceptors (Lipinski definition) is 4. The Morgan fingerprint density at radius 2 is 2.00 bits per heavy atom. The lowest BCUT2D eigenvalue weighted by molar-refractivity contribution is -0.384. The number of hydrogen-bond donors (Lipinski definition) is 2. The first kappa shape index (κ1) is 11.8. The molecule has 6 nitrogen and oxygen atoms in total. The number of allylic oxidation sites excluding steroid dienone is 2. The lowest BCUT2D eigenvalue weighted by atomic mass is 9.96. The molecule has 0 aromatic heterocycles. The van der Waals surface area contributed by atoms with Gasteiger partial charge in [0.1, 0.15) is 0 Å². The van der Waals surface area contributed by atoms with Crippen molar-refractivity contribution < 1.29 is 14.8 Å². The molecule has 0 bridgehead atoms. The summed E-state index contributed by atoms with van der Waals surface area (Å²) in [5, 5.41) is 22.5. The predicted octanol–water partition coefficient (Wildman–Crippen LogP) is 1.76. The second-order valence-electron chi connectivity index (χ2n) is 3.73. The fraction of sp³-hybridized carbons (Fsp3) is 0.0833. The molecule has 0 aliphatic carbocycles. The van der Waals surface area contributed by atoms with Crippen molar-refractivity contribution in [1.29, 1.82) is 0 Å². The Bertz CT molecular complexity index is 546. The molecule has 0 saturated heterocycles. The van der Waals surface area contributed by atoms with Crippen LogP contribution in [0.5, 0.6) is 0 Å². The van der Waals surface area contributed by atoms with E-state index in [1.807, 2.05) is 0 Å². The van der Waals surface area contributed by atoms with E-state index in [9.17, 15) is 14.9 Å². The van der Waals surface area contributed by atoms with E-state index in [1.54, 1.807) is 24.4 Å². The number of nitrogens with one attached hydrogen (secondary N) is 1. The maximum Gasteiger partial charge on any atom is 0.334 e. The van der Waals surface area contributed by atoms with Crippen molar-refractivity contribution in [3.63, 3.8) is 0 Å². The van der Waals surface area contributed by atoms with Gasteiger partial charge in [0.05, 0.1) is 16.5 Å². The second kappa shape index (κ2) is 4.70. The zero-order valence-electron chi connectivity index (χ0n) is 9.24. The zero-order valence-corrected chi connectivity index (χ0v) is 9.24. The summed E-state index contributed by atoms with van der Waals surface area (Å²) in [7, 11) is 0. The number of carboxylic acid groups (broad SMARTS) is 1. The minimum absolute atomic E-state index is 0.0223. The molecular weight excluding hydrogens is 236 g/mol. The Kier molecular flexibility index (Phi) is 3.09. The van der Waals surface area contributed by atoms with E-state index in [-0.39, 0.29) is 11.3 Å². The number of nitrogens with zero attached hydrogens (tertiary/aromatic N) is 1. The maximum absolute atomic E-state index is 11.1. The number of aliphatic carboxylic acids is 1. The van der Waals surface area contributed by atoms with Crippen LogP contribution in [0.25, 0.3) is 0 Å². The molecule has 0 fully saturated rings. The third kappa shape index (κ3) is 2.22. The molecule has 2 rings (SSSR count). The molecule has 1 aromatic rings. The lowest BCUT2D eigenvalue weighted by Gasteiger charge is -2.20. The molecule has 6 heteroatoms. The molecule has 2 N–H and O–H groups in total. The average molecular weight is 246 g/mol. The summed E-state index contributed by atoms with van der Waals surface area (Å²) < 4.78 is 0. The highest BCUT2D eigenvalue weighted by Crippen LogP contribution is 2.26. The molecule has 0 spiro atoms. The van der Waals surface area contributed by atoms with Crippen molar-refractivity contribution in [2.45, 2.75) is 6.04 Å². The molecule has 1 aromatic carbocycles. The summed E-state index contributed by atoms with van der Waals surface area (Å²) in [6.07, 6.45) is 4.74. The first-order valence-corrected chi connectivity index (χ1v) is 5.20. The second-order valence-corrected chi connectivity index (χ2v) is 3.73.